The van der Waals surface area contributed by atoms with Crippen LogP contribution in [0.4, 0.5) is 0 Å². The summed E-state index contributed by atoms with van der Waals surface area (Å²) in [6.45, 7) is 4.71. The zero-order valence-electron chi connectivity index (χ0n) is 16.7. The minimum atomic E-state index is -0.559. The second kappa shape index (κ2) is 12.1. The summed E-state index contributed by atoms with van der Waals surface area (Å²) < 4.78 is 0. The number of thioether (sulfide) groups is 1. The molecule has 0 heterocycles. The van der Waals surface area contributed by atoms with Gasteiger partial charge in [-0.1, -0.05) is 54.4 Å². The van der Waals surface area contributed by atoms with Crippen LogP contribution in [0.2, 0.25) is 10.0 Å². The summed E-state index contributed by atoms with van der Waals surface area (Å²) >= 11 is 13.5. The molecule has 7 heteroatoms. The van der Waals surface area contributed by atoms with Crippen molar-refractivity contribution in [2.24, 2.45) is 0 Å². The number of amides is 2. The monoisotopic (exact) mass is 452 g/mol. The van der Waals surface area contributed by atoms with Gasteiger partial charge in [-0.25, -0.2) is 0 Å². The fourth-order valence-corrected chi connectivity index (χ4v) is 3.93. The number of benzene rings is 2. The summed E-state index contributed by atoms with van der Waals surface area (Å²) in [7, 11) is 0. The molecule has 0 aliphatic heterocycles. The van der Waals surface area contributed by atoms with Gasteiger partial charge in [0.2, 0.25) is 11.8 Å². The van der Waals surface area contributed by atoms with E-state index in [2.05, 4.69) is 5.32 Å². The molecule has 29 heavy (non-hydrogen) atoms. The Morgan fingerprint density at radius 1 is 1.07 bits per heavy atom. The van der Waals surface area contributed by atoms with E-state index in [1.807, 2.05) is 43.3 Å². The van der Waals surface area contributed by atoms with Crippen molar-refractivity contribution in [2.45, 2.75) is 38.6 Å². The molecule has 1 N–H and O–H groups in total. The number of rotatable bonds is 10. The number of nitrogens with one attached hydrogen (secondary N) is 1. The van der Waals surface area contributed by atoms with E-state index in [0.29, 0.717) is 28.9 Å². The van der Waals surface area contributed by atoms with Crippen molar-refractivity contribution in [2.75, 3.05) is 12.3 Å². The van der Waals surface area contributed by atoms with Gasteiger partial charge < -0.3 is 10.2 Å². The van der Waals surface area contributed by atoms with E-state index in [4.69, 9.17) is 23.2 Å². The molecule has 0 aliphatic carbocycles. The summed E-state index contributed by atoms with van der Waals surface area (Å²) in [5.74, 6) is 0.739. The molecular weight excluding hydrogens is 427 g/mol. The van der Waals surface area contributed by atoms with Gasteiger partial charge in [-0.2, -0.15) is 0 Å². The normalized spacial score (nSPS) is 11.7. The Bertz CT molecular complexity index is 815. The topological polar surface area (TPSA) is 49.4 Å². The van der Waals surface area contributed by atoms with Gasteiger partial charge in [-0.15, -0.1) is 11.8 Å². The fraction of sp³-hybridized carbons (Fsp3) is 0.364. The van der Waals surface area contributed by atoms with E-state index < -0.39 is 6.04 Å². The van der Waals surface area contributed by atoms with Gasteiger partial charge in [0.1, 0.15) is 6.04 Å². The van der Waals surface area contributed by atoms with E-state index >= 15 is 0 Å². The zero-order valence-corrected chi connectivity index (χ0v) is 19.0. The van der Waals surface area contributed by atoms with Crippen LogP contribution in [0.15, 0.2) is 48.5 Å². The third-order valence-corrected chi connectivity index (χ3v) is 5.84. The molecule has 0 bridgehead atoms. The fourth-order valence-electron chi connectivity index (χ4n) is 2.73. The Morgan fingerprint density at radius 2 is 1.79 bits per heavy atom. The Kier molecular flexibility index (Phi) is 9.85. The molecule has 2 aromatic carbocycles. The Morgan fingerprint density at radius 3 is 2.45 bits per heavy atom. The van der Waals surface area contributed by atoms with Crippen LogP contribution in [0.5, 0.6) is 0 Å². The van der Waals surface area contributed by atoms with Crippen LogP contribution in [0.1, 0.15) is 31.4 Å². The number of nitrogens with zero attached hydrogens (tertiary/aromatic N) is 1. The van der Waals surface area contributed by atoms with E-state index in [9.17, 15) is 9.59 Å². The predicted octanol–water partition coefficient (Wildman–Crippen LogP) is 5.17. The van der Waals surface area contributed by atoms with E-state index in [-0.39, 0.29) is 17.6 Å². The lowest BCUT2D eigenvalue weighted by molar-refractivity contribution is -0.138. The first kappa shape index (κ1) is 23.6. The second-order valence-corrected chi connectivity index (χ2v) is 8.60. The first-order chi connectivity index (χ1) is 13.9. The van der Waals surface area contributed by atoms with E-state index in [0.717, 1.165) is 17.5 Å². The van der Waals surface area contributed by atoms with Gasteiger partial charge in [-0.05, 0) is 48.7 Å². The standard InChI is InChI=1S/C22H26Cl2N2O2S/c1-3-11-25-22(28)16(2)26(13-17-7-9-19(23)10-8-17)21(27)15-29-14-18-5-4-6-20(24)12-18/h4-10,12,16H,3,11,13-15H2,1-2H3,(H,25,28)/t16-/m1/s1. The summed E-state index contributed by atoms with van der Waals surface area (Å²) in [6.07, 6.45) is 0.846. The van der Waals surface area contributed by atoms with Crippen LogP contribution < -0.4 is 5.32 Å². The first-order valence-electron chi connectivity index (χ1n) is 9.54. The van der Waals surface area contributed by atoms with Crippen molar-refractivity contribution in [3.63, 3.8) is 0 Å². The van der Waals surface area contributed by atoms with Crippen molar-refractivity contribution in [1.82, 2.24) is 10.2 Å². The van der Waals surface area contributed by atoms with Crippen molar-refractivity contribution in [3.05, 3.63) is 69.7 Å². The first-order valence-corrected chi connectivity index (χ1v) is 11.5. The molecule has 2 aromatic rings. The van der Waals surface area contributed by atoms with Crippen LogP contribution in [0.3, 0.4) is 0 Å². The van der Waals surface area contributed by atoms with Crippen molar-refractivity contribution in [1.29, 1.82) is 0 Å². The van der Waals surface area contributed by atoms with Crippen LogP contribution in [-0.4, -0.2) is 35.1 Å². The van der Waals surface area contributed by atoms with Gasteiger partial charge in [0.05, 0.1) is 5.75 Å². The highest BCUT2D eigenvalue weighted by Crippen LogP contribution is 2.19. The highest BCUT2D eigenvalue weighted by Gasteiger charge is 2.25. The van der Waals surface area contributed by atoms with E-state index in [1.165, 1.54) is 11.8 Å². The Hall–Kier alpha value is -1.69. The molecule has 0 radical (unpaired) electrons. The molecular formula is C22H26Cl2N2O2S. The molecule has 0 aliphatic rings. The minimum Gasteiger partial charge on any atom is -0.354 e. The smallest absolute Gasteiger partial charge is 0.242 e. The summed E-state index contributed by atoms with van der Waals surface area (Å²) in [6, 6.07) is 14.4. The lowest BCUT2D eigenvalue weighted by atomic mass is 10.1. The van der Waals surface area contributed by atoms with Gasteiger partial charge in [0.25, 0.3) is 0 Å². The number of carbonyl (C=O) groups is 2. The largest absolute Gasteiger partial charge is 0.354 e. The second-order valence-electron chi connectivity index (χ2n) is 6.74. The maximum atomic E-state index is 13.0. The third-order valence-electron chi connectivity index (χ3n) is 4.37. The van der Waals surface area contributed by atoms with Gasteiger partial charge in [0, 0.05) is 28.9 Å². The van der Waals surface area contributed by atoms with Gasteiger partial charge >= 0.3 is 0 Å². The molecule has 0 fully saturated rings. The molecule has 4 nitrogen and oxygen atoms in total. The average molecular weight is 453 g/mol. The quantitative estimate of drug-likeness (QED) is 0.540. The van der Waals surface area contributed by atoms with Crippen LogP contribution in [-0.2, 0) is 21.9 Å². The third kappa shape index (κ3) is 7.92. The Balaban J connectivity index is 2.04. The van der Waals surface area contributed by atoms with Crippen LogP contribution in [0, 0.1) is 0 Å². The number of hydrogen-bond donors (Lipinski definition) is 1. The molecule has 0 unspecified atom stereocenters. The Labute approximate surface area is 187 Å². The molecule has 1 atom stereocenters. The molecule has 0 saturated heterocycles. The molecule has 0 aromatic heterocycles. The van der Waals surface area contributed by atoms with E-state index in [1.54, 1.807) is 24.0 Å². The van der Waals surface area contributed by atoms with Crippen molar-refractivity contribution < 1.29 is 9.59 Å². The van der Waals surface area contributed by atoms with Gasteiger partial charge in [0.15, 0.2) is 0 Å². The summed E-state index contributed by atoms with van der Waals surface area (Å²) in [5, 5.41) is 4.19. The maximum Gasteiger partial charge on any atom is 0.242 e. The number of carbonyl (C=O) groups excluding carboxylic acids is 2. The lowest BCUT2D eigenvalue weighted by Crippen LogP contribution is -2.48. The maximum absolute atomic E-state index is 13.0. The van der Waals surface area contributed by atoms with Crippen LogP contribution in [0.25, 0.3) is 0 Å². The lowest BCUT2D eigenvalue weighted by Gasteiger charge is -2.28. The number of halogens is 2. The van der Waals surface area contributed by atoms with Crippen LogP contribution >= 0.6 is 35.0 Å². The molecule has 0 saturated carbocycles. The summed E-state index contributed by atoms with van der Waals surface area (Å²) in [5.41, 5.74) is 1.99. The molecule has 2 amide bonds. The van der Waals surface area contributed by atoms with Crippen molar-refractivity contribution >= 4 is 46.8 Å². The highest BCUT2D eigenvalue weighted by molar-refractivity contribution is 7.99. The van der Waals surface area contributed by atoms with Gasteiger partial charge in [-0.3, -0.25) is 9.59 Å². The zero-order chi connectivity index (χ0) is 21.2. The highest BCUT2D eigenvalue weighted by atomic mass is 35.5. The minimum absolute atomic E-state index is 0.0777. The number of hydrogen-bond acceptors (Lipinski definition) is 3. The summed E-state index contributed by atoms with van der Waals surface area (Å²) in [4.78, 5) is 27.1. The average Bonchev–Trinajstić information content (AvgIpc) is 2.71. The SMILES string of the molecule is CCCNC(=O)[C@@H](C)N(Cc1ccc(Cl)cc1)C(=O)CSCc1cccc(Cl)c1. The molecule has 2 rings (SSSR count). The van der Waals surface area contributed by atoms with Crippen molar-refractivity contribution in [3.8, 4) is 0 Å². The predicted molar refractivity (Wildman–Crippen MR) is 122 cm³/mol. The molecule has 156 valence electrons. The molecule has 0 spiro atoms.